The molecule has 1 aliphatic carbocycles. The molecular weight excluding hydrogens is 376 g/mol. The second kappa shape index (κ2) is 7.19. The fourth-order valence-electron chi connectivity index (χ4n) is 4.07. The number of benzene rings is 1. The molecule has 152 valence electrons. The van der Waals surface area contributed by atoms with Crippen LogP contribution in [0, 0.1) is 0 Å². The van der Waals surface area contributed by atoms with Crippen LogP contribution in [0.15, 0.2) is 35.4 Å². The Balaban J connectivity index is 1.52. The Morgan fingerprint density at radius 2 is 1.83 bits per heavy atom. The lowest BCUT2D eigenvalue weighted by Gasteiger charge is -2.30. The van der Waals surface area contributed by atoms with E-state index in [0.717, 1.165) is 24.3 Å². The summed E-state index contributed by atoms with van der Waals surface area (Å²) in [6.07, 6.45) is 3.77. The standard InChI is InChI=1S/C19H22N6O4/c20-15(26)14-11-13(22-24(14)12-7-3-1-4-8-12)16(27)23-25-17(28)19(21-18(25)29)9-5-2-6-10-19/h1,3-4,7-8,14H,2,5-6,9-11H2,(H2,20,26)(H,21,29)(H,23,27). The van der Waals surface area contributed by atoms with E-state index in [9.17, 15) is 19.2 Å². The van der Waals surface area contributed by atoms with Gasteiger partial charge < -0.3 is 11.1 Å². The van der Waals surface area contributed by atoms with Crippen LogP contribution in [-0.2, 0) is 14.4 Å². The number of imide groups is 1. The summed E-state index contributed by atoms with van der Waals surface area (Å²) >= 11 is 0. The van der Waals surface area contributed by atoms with Crippen molar-refractivity contribution in [3.05, 3.63) is 30.3 Å². The molecule has 3 aliphatic rings. The lowest BCUT2D eigenvalue weighted by Crippen LogP contribution is -2.52. The van der Waals surface area contributed by atoms with Gasteiger partial charge in [0.2, 0.25) is 5.91 Å². The first-order valence-corrected chi connectivity index (χ1v) is 9.60. The molecular formula is C19H22N6O4. The summed E-state index contributed by atoms with van der Waals surface area (Å²) < 4.78 is 0. The van der Waals surface area contributed by atoms with Gasteiger partial charge in [0, 0.05) is 6.42 Å². The van der Waals surface area contributed by atoms with E-state index in [1.165, 1.54) is 5.01 Å². The van der Waals surface area contributed by atoms with Crippen LogP contribution in [0.4, 0.5) is 10.5 Å². The number of hydrazone groups is 1. The second-order valence-electron chi connectivity index (χ2n) is 7.50. The summed E-state index contributed by atoms with van der Waals surface area (Å²) in [5.41, 5.74) is 7.51. The lowest BCUT2D eigenvalue weighted by molar-refractivity contribution is -0.138. The molecule has 1 aromatic rings. The third kappa shape index (κ3) is 3.30. The number of rotatable bonds is 4. The number of para-hydroxylation sites is 1. The Kier molecular flexibility index (Phi) is 4.69. The highest BCUT2D eigenvalue weighted by Gasteiger charge is 2.52. The summed E-state index contributed by atoms with van der Waals surface area (Å²) in [4.78, 5) is 49.7. The number of hydrogen-bond acceptors (Lipinski definition) is 6. The Morgan fingerprint density at radius 1 is 1.14 bits per heavy atom. The quantitative estimate of drug-likeness (QED) is 0.630. The van der Waals surface area contributed by atoms with Crippen LogP contribution in [0.1, 0.15) is 38.5 Å². The van der Waals surface area contributed by atoms with Crippen molar-refractivity contribution in [2.45, 2.75) is 50.1 Å². The Bertz CT molecular complexity index is 893. The molecule has 5 amide bonds. The maximum atomic E-state index is 12.8. The summed E-state index contributed by atoms with van der Waals surface area (Å²) in [5, 5.41) is 9.05. The highest BCUT2D eigenvalue weighted by molar-refractivity contribution is 6.40. The molecule has 10 heteroatoms. The van der Waals surface area contributed by atoms with Crippen molar-refractivity contribution in [1.29, 1.82) is 0 Å². The number of urea groups is 1. The third-order valence-electron chi connectivity index (χ3n) is 5.60. The van der Waals surface area contributed by atoms with Crippen LogP contribution in [0.3, 0.4) is 0 Å². The summed E-state index contributed by atoms with van der Waals surface area (Å²) in [5.74, 6) is -1.80. The van der Waals surface area contributed by atoms with Gasteiger partial charge in [-0.1, -0.05) is 37.5 Å². The summed E-state index contributed by atoms with van der Waals surface area (Å²) in [7, 11) is 0. The predicted molar refractivity (Wildman–Crippen MR) is 103 cm³/mol. The lowest BCUT2D eigenvalue weighted by atomic mass is 9.82. The average molecular weight is 398 g/mol. The predicted octanol–water partition coefficient (Wildman–Crippen LogP) is 0.393. The fraction of sp³-hybridized carbons (Fsp3) is 0.421. The van der Waals surface area contributed by atoms with Gasteiger partial charge in [-0.3, -0.25) is 24.8 Å². The van der Waals surface area contributed by atoms with Gasteiger partial charge in [-0.15, -0.1) is 0 Å². The molecule has 4 N–H and O–H groups in total. The van der Waals surface area contributed by atoms with E-state index in [2.05, 4.69) is 15.8 Å². The van der Waals surface area contributed by atoms with Crippen LogP contribution in [0.2, 0.25) is 0 Å². The normalized spacial score (nSPS) is 23.2. The van der Waals surface area contributed by atoms with Crippen molar-refractivity contribution in [3.8, 4) is 0 Å². The molecule has 1 saturated carbocycles. The first kappa shape index (κ1) is 18.9. The topological polar surface area (TPSA) is 137 Å². The molecule has 2 heterocycles. The molecule has 1 unspecified atom stereocenters. The first-order chi connectivity index (χ1) is 13.9. The number of nitrogens with two attached hydrogens (primary N) is 1. The highest BCUT2D eigenvalue weighted by atomic mass is 16.2. The summed E-state index contributed by atoms with van der Waals surface area (Å²) in [6.45, 7) is 0. The van der Waals surface area contributed by atoms with E-state index in [4.69, 9.17) is 5.73 Å². The van der Waals surface area contributed by atoms with E-state index >= 15 is 0 Å². The molecule has 0 aromatic heterocycles. The van der Waals surface area contributed by atoms with E-state index < -0.39 is 35.3 Å². The average Bonchev–Trinajstić information content (AvgIpc) is 3.26. The Hall–Kier alpha value is -3.43. The van der Waals surface area contributed by atoms with Crippen molar-refractivity contribution in [3.63, 3.8) is 0 Å². The number of nitrogens with one attached hydrogen (secondary N) is 2. The van der Waals surface area contributed by atoms with Crippen molar-refractivity contribution in [2.75, 3.05) is 5.01 Å². The molecule has 2 aliphatic heterocycles. The number of hydrazine groups is 1. The zero-order valence-electron chi connectivity index (χ0n) is 15.8. The minimum absolute atomic E-state index is 0.0165. The number of carbonyl (C=O) groups is 4. The molecule has 1 aromatic carbocycles. The number of carbonyl (C=O) groups excluding carboxylic acids is 4. The Labute approximate surface area is 167 Å². The molecule has 1 atom stereocenters. The van der Waals surface area contributed by atoms with Gasteiger partial charge in [0.05, 0.1) is 5.69 Å². The van der Waals surface area contributed by atoms with Gasteiger partial charge in [-0.2, -0.15) is 10.1 Å². The number of nitrogens with zero attached hydrogens (tertiary/aromatic N) is 3. The van der Waals surface area contributed by atoms with Crippen molar-refractivity contribution < 1.29 is 19.2 Å². The molecule has 29 heavy (non-hydrogen) atoms. The molecule has 10 nitrogen and oxygen atoms in total. The van der Waals surface area contributed by atoms with Gasteiger partial charge in [-0.05, 0) is 25.0 Å². The zero-order valence-corrected chi connectivity index (χ0v) is 15.8. The van der Waals surface area contributed by atoms with Crippen LogP contribution < -0.4 is 21.5 Å². The summed E-state index contributed by atoms with van der Waals surface area (Å²) in [6, 6.07) is 7.36. The number of anilines is 1. The van der Waals surface area contributed by atoms with Gasteiger partial charge in [0.25, 0.3) is 11.8 Å². The van der Waals surface area contributed by atoms with Crippen molar-refractivity contribution >= 4 is 35.2 Å². The van der Waals surface area contributed by atoms with E-state index in [-0.39, 0.29) is 12.1 Å². The van der Waals surface area contributed by atoms with Crippen LogP contribution >= 0.6 is 0 Å². The van der Waals surface area contributed by atoms with Gasteiger partial charge in [0.1, 0.15) is 17.3 Å². The highest BCUT2D eigenvalue weighted by Crippen LogP contribution is 2.33. The largest absolute Gasteiger partial charge is 0.368 e. The van der Waals surface area contributed by atoms with E-state index in [1.807, 2.05) is 6.07 Å². The minimum Gasteiger partial charge on any atom is -0.368 e. The van der Waals surface area contributed by atoms with E-state index in [1.54, 1.807) is 24.3 Å². The number of primary amides is 1. The van der Waals surface area contributed by atoms with Gasteiger partial charge in [0.15, 0.2) is 0 Å². The zero-order chi connectivity index (χ0) is 20.6. The van der Waals surface area contributed by atoms with Crippen molar-refractivity contribution in [1.82, 2.24) is 15.8 Å². The molecule has 0 radical (unpaired) electrons. The fourth-order valence-corrected chi connectivity index (χ4v) is 4.07. The second-order valence-corrected chi connectivity index (χ2v) is 7.50. The monoisotopic (exact) mass is 398 g/mol. The van der Waals surface area contributed by atoms with Crippen LogP contribution in [0.5, 0.6) is 0 Å². The third-order valence-corrected chi connectivity index (χ3v) is 5.60. The maximum Gasteiger partial charge on any atom is 0.344 e. The molecule has 0 bridgehead atoms. The van der Waals surface area contributed by atoms with Gasteiger partial charge >= 0.3 is 6.03 Å². The maximum absolute atomic E-state index is 12.8. The molecule has 1 saturated heterocycles. The smallest absolute Gasteiger partial charge is 0.344 e. The van der Waals surface area contributed by atoms with E-state index in [0.29, 0.717) is 18.5 Å². The van der Waals surface area contributed by atoms with Crippen LogP contribution in [-0.4, -0.2) is 46.1 Å². The van der Waals surface area contributed by atoms with Crippen LogP contribution in [0.25, 0.3) is 0 Å². The Morgan fingerprint density at radius 3 is 2.48 bits per heavy atom. The number of amides is 5. The SMILES string of the molecule is NC(=O)C1CC(C(=O)NN2C(=O)NC3(CCCCC3)C2=O)=NN1c1ccccc1. The minimum atomic E-state index is -0.939. The molecule has 1 spiro atoms. The first-order valence-electron chi connectivity index (χ1n) is 9.60. The molecule has 4 rings (SSSR count). The van der Waals surface area contributed by atoms with Gasteiger partial charge in [-0.25, -0.2) is 4.79 Å². The van der Waals surface area contributed by atoms with Crippen molar-refractivity contribution in [2.24, 2.45) is 10.8 Å². The molecule has 2 fully saturated rings. The number of hydrogen-bond donors (Lipinski definition) is 3.